The first kappa shape index (κ1) is 13.8. The van der Waals surface area contributed by atoms with Crippen molar-refractivity contribution in [3.63, 3.8) is 0 Å². The molecule has 0 N–H and O–H groups in total. The van der Waals surface area contributed by atoms with Crippen molar-refractivity contribution in [3.8, 4) is 0 Å². The number of hydrogen-bond acceptors (Lipinski definition) is 1. The highest BCUT2D eigenvalue weighted by atomic mass is 16.5. The molecule has 1 heterocycles. The molecule has 84 valence electrons. The zero-order valence-electron chi connectivity index (χ0n) is 10.3. The van der Waals surface area contributed by atoms with E-state index >= 15 is 0 Å². The maximum Gasteiger partial charge on any atom is 0.126 e. The fourth-order valence-corrected chi connectivity index (χ4v) is 1.23. The van der Waals surface area contributed by atoms with E-state index in [0.29, 0.717) is 12.5 Å². The maximum atomic E-state index is 5.53. The SMILES string of the molecule is C=CC1=C(C=C)OCC(C(C)C)=C1.CC. The number of ether oxygens (including phenoxy) is 1. The molecule has 1 heteroatoms. The number of hydrogen-bond donors (Lipinski definition) is 0. The van der Waals surface area contributed by atoms with Gasteiger partial charge in [-0.3, -0.25) is 0 Å². The summed E-state index contributed by atoms with van der Waals surface area (Å²) in [6, 6.07) is 0. The van der Waals surface area contributed by atoms with E-state index in [0.717, 1.165) is 11.3 Å². The smallest absolute Gasteiger partial charge is 0.126 e. The first-order chi connectivity index (χ1) is 7.19. The minimum Gasteiger partial charge on any atom is -0.489 e. The third-order valence-electron chi connectivity index (χ3n) is 2.17. The number of allylic oxidation sites excluding steroid dienone is 4. The second-order valence-corrected chi connectivity index (χ2v) is 3.39. The molecule has 0 aliphatic carbocycles. The Kier molecular flexibility index (Phi) is 6.52. The standard InChI is InChI=1S/C12H16O.C2H6/c1-5-10-7-11(9(3)4)8-13-12(10)6-2;1-2/h5-7,9H,1-2,8H2,3-4H3;1-2H3. The summed E-state index contributed by atoms with van der Waals surface area (Å²) < 4.78 is 5.53. The highest BCUT2D eigenvalue weighted by molar-refractivity contribution is 5.41. The molecule has 0 radical (unpaired) electrons. The molecular weight excluding hydrogens is 184 g/mol. The van der Waals surface area contributed by atoms with Gasteiger partial charge in [0.15, 0.2) is 0 Å². The lowest BCUT2D eigenvalue weighted by molar-refractivity contribution is 0.237. The van der Waals surface area contributed by atoms with E-state index < -0.39 is 0 Å². The van der Waals surface area contributed by atoms with Gasteiger partial charge in [0.2, 0.25) is 0 Å². The molecular formula is C14H22O. The van der Waals surface area contributed by atoms with Gasteiger partial charge in [-0.05, 0) is 23.6 Å². The summed E-state index contributed by atoms with van der Waals surface area (Å²) in [6.07, 6.45) is 5.67. The van der Waals surface area contributed by atoms with E-state index in [1.165, 1.54) is 5.57 Å². The highest BCUT2D eigenvalue weighted by Crippen LogP contribution is 2.23. The van der Waals surface area contributed by atoms with Crippen LogP contribution in [0.3, 0.4) is 0 Å². The van der Waals surface area contributed by atoms with Crippen molar-refractivity contribution in [2.24, 2.45) is 5.92 Å². The lowest BCUT2D eigenvalue weighted by atomic mass is 9.99. The van der Waals surface area contributed by atoms with E-state index in [4.69, 9.17) is 4.74 Å². The average Bonchev–Trinajstić information content (AvgIpc) is 2.30. The minimum absolute atomic E-state index is 0.529. The summed E-state index contributed by atoms with van der Waals surface area (Å²) in [7, 11) is 0. The molecule has 0 aromatic carbocycles. The quantitative estimate of drug-likeness (QED) is 0.670. The molecule has 0 atom stereocenters. The van der Waals surface area contributed by atoms with Crippen molar-refractivity contribution in [2.75, 3.05) is 6.61 Å². The second kappa shape index (κ2) is 7.10. The van der Waals surface area contributed by atoms with Crippen LogP contribution in [-0.4, -0.2) is 6.61 Å². The third kappa shape index (κ3) is 3.78. The molecule has 0 saturated heterocycles. The molecule has 0 aromatic heterocycles. The Morgan fingerprint density at radius 1 is 1.27 bits per heavy atom. The molecule has 15 heavy (non-hydrogen) atoms. The van der Waals surface area contributed by atoms with Crippen LogP contribution in [0.5, 0.6) is 0 Å². The van der Waals surface area contributed by atoms with E-state index in [1.54, 1.807) is 12.2 Å². The average molecular weight is 206 g/mol. The van der Waals surface area contributed by atoms with E-state index in [1.807, 2.05) is 13.8 Å². The molecule has 0 spiro atoms. The third-order valence-corrected chi connectivity index (χ3v) is 2.17. The van der Waals surface area contributed by atoms with Gasteiger partial charge in [-0.25, -0.2) is 0 Å². The summed E-state index contributed by atoms with van der Waals surface area (Å²) >= 11 is 0. The highest BCUT2D eigenvalue weighted by Gasteiger charge is 2.12. The summed E-state index contributed by atoms with van der Waals surface area (Å²) in [4.78, 5) is 0. The Morgan fingerprint density at radius 3 is 2.27 bits per heavy atom. The van der Waals surface area contributed by atoms with Gasteiger partial charge in [0.05, 0.1) is 0 Å². The maximum absolute atomic E-state index is 5.53. The Morgan fingerprint density at radius 2 is 1.87 bits per heavy atom. The Balaban J connectivity index is 0.000000921. The van der Waals surface area contributed by atoms with Crippen LogP contribution in [0, 0.1) is 5.92 Å². The molecule has 0 saturated carbocycles. The van der Waals surface area contributed by atoms with Gasteiger partial charge in [0, 0.05) is 5.57 Å². The lowest BCUT2D eigenvalue weighted by Crippen LogP contribution is -2.09. The van der Waals surface area contributed by atoms with Crippen molar-refractivity contribution in [1.82, 2.24) is 0 Å². The summed E-state index contributed by atoms with van der Waals surface area (Å²) in [5.41, 5.74) is 2.34. The van der Waals surface area contributed by atoms with E-state index in [-0.39, 0.29) is 0 Å². The molecule has 0 unspecified atom stereocenters. The van der Waals surface area contributed by atoms with Gasteiger partial charge in [-0.2, -0.15) is 0 Å². The fraction of sp³-hybridized carbons (Fsp3) is 0.429. The normalized spacial score (nSPS) is 14.9. The van der Waals surface area contributed by atoms with Crippen LogP contribution in [0.25, 0.3) is 0 Å². The van der Waals surface area contributed by atoms with Crippen molar-refractivity contribution < 1.29 is 4.74 Å². The fourth-order valence-electron chi connectivity index (χ4n) is 1.23. The van der Waals surface area contributed by atoms with Gasteiger partial charge in [-0.15, -0.1) is 0 Å². The minimum atomic E-state index is 0.529. The van der Waals surface area contributed by atoms with Gasteiger partial charge in [0.25, 0.3) is 0 Å². The van der Waals surface area contributed by atoms with Gasteiger partial charge in [-0.1, -0.05) is 46.9 Å². The summed E-state index contributed by atoms with van der Waals surface area (Å²) in [5, 5.41) is 0. The van der Waals surface area contributed by atoms with Crippen molar-refractivity contribution in [2.45, 2.75) is 27.7 Å². The molecule has 1 aliphatic rings. The summed E-state index contributed by atoms with van der Waals surface area (Å²) in [6.45, 7) is 16.4. The van der Waals surface area contributed by atoms with Crippen LogP contribution >= 0.6 is 0 Å². The Labute approximate surface area is 93.8 Å². The molecule has 1 rings (SSSR count). The molecule has 0 bridgehead atoms. The number of rotatable bonds is 3. The van der Waals surface area contributed by atoms with Crippen LogP contribution < -0.4 is 0 Å². The van der Waals surface area contributed by atoms with Crippen LogP contribution in [0.2, 0.25) is 0 Å². The monoisotopic (exact) mass is 206 g/mol. The lowest BCUT2D eigenvalue weighted by Gasteiger charge is -2.20. The predicted molar refractivity (Wildman–Crippen MR) is 67.6 cm³/mol. The molecule has 1 nitrogen and oxygen atoms in total. The van der Waals surface area contributed by atoms with Crippen LogP contribution in [0.1, 0.15) is 27.7 Å². The van der Waals surface area contributed by atoms with Crippen molar-refractivity contribution in [1.29, 1.82) is 0 Å². The molecule has 0 fully saturated rings. The van der Waals surface area contributed by atoms with Gasteiger partial charge < -0.3 is 4.74 Å². The Hall–Kier alpha value is -1.24. The first-order valence-corrected chi connectivity index (χ1v) is 5.51. The van der Waals surface area contributed by atoms with E-state index in [9.17, 15) is 0 Å². The van der Waals surface area contributed by atoms with Crippen molar-refractivity contribution in [3.05, 3.63) is 48.3 Å². The Bertz CT molecular complexity index is 280. The zero-order chi connectivity index (χ0) is 11.8. The van der Waals surface area contributed by atoms with Crippen LogP contribution in [0.4, 0.5) is 0 Å². The molecule has 1 aliphatic heterocycles. The largest absolute Gasteiger partial charge is 0.489 e. The van der Waals surface area contributed by atoms with Gasteiger partial charge >= 0.3 is 0 Å². The summed E-state index contributed by atoms with van der Waals surface area (Å²) in [5.74, 6) is 1.36. The molecule has 0 amide bonds. The van der Waals surface area contributed by atoms with Gasteiger partial charge in [0.1, 0.15) is 12.4 Å². The second-order valence-electron chi connectivity index (χ2n) is 3.39. The molecule has 0 aromatic rings. The topological polar surface area (TPSA) is 9.23 Å². The van der Waals surface area contributed by atoms with Crippen molar-refractivity contribution >= 4 is 0 Å². The first-order valence-electron chi connectivity index (χ1n) is 5.51. The van der Waals surface area contributed by atoms with E-state index in [2.05, 4.69) is 33.1 Å². The van der Waals surface area contributed by atoms with Crippen LogP contribution in [-0.2, 0) is 4.74 Å². The zero-order valence-corrected chi connectivity index (χ0v) is 10.3. The predicted octanol–water partition coefficient (Wildman–Crippen LogP) is 4.25. The van der Waals surface area contributed by atoms with Crippen LogP contribution in [0.15, 0.2) is 48.3 Å².